The molecule has 2 aromatic rings. The van der Waals surface area contributed by atoms with Gasteiger partial charge in [-0.2, -0.15) is 0 Å². The summed E-state index contributed by atoms with van der Waals surface area (Å²) in [5.74, 6) is 1.42. The number of amides is 1. The van der Waals surface area contributed by atoms with Crippen molar-refractivity contribution >= 4 is 23.4 Å². The van der Waals surface area contributed by atoms with Gasteiger partial charge in [0.1, 0.15) is 5.82 Å². The summed E-state index contributed by atoms with van der Waals surface area (Å²) >= 11 is 1.39. The van der Waals surface area contributed by atoms with Crippen LogP contribution in [0, 0.1) is 13.8 Å². The van der Waals surface area contributed by atoms with Gasteiger partial charge in [0.25, 0.3) is 0 Å². The molecule has 0 unspecified atom stereocenters. The number of rotatable bonds is 7. The molecule has 24 heavy (non-hydrogen) atoms. The molecule has 1 amide bonds. The van der Waals surface area contributed by atoms with Gasteiger partial charge in [0, 0.05) is 18.2 Å². The molecule has 0 aliphatic heterocycles. The lowest BCUT2D eigenvalue weighted by molar-refractivity contribution is -0.113. The first-order valence-electron chi connectivity index (χ1n) is 7.95. The molecule has 1 heterocycles. The highest BCUT2D eigenvalue weighted by atomic mass is 32.2. The van der Waals surface area contributed by atoms with E-state index in [1.807, 2.05) is 36.6 Å². The summed E-state index contributed by atoms with van der Waals surface area (Å²) in [6.07, 6.45) is 1.81. The maximum absolute atomic E-state index is 12.2. The lowest BCUT2D eigenvalue weighted by Gasteiger charge is -2.10. The predicted octanol–water partition coefficient (Wildman–Crippen LogP) is 3.94. The van der Waals surface area contributed by atoms with Crippen molar-refractivity contribution in [2.75, 3.05) is 11.1 Å². The van der Waals surface area contributed by atoms with E-state index in [-0.39, 0.29) is 11.8 Å². The summed E-state index contributed by atoms with van der Waals surface area (Å²) < 4.78 is 2.01. The highest BCUT2D eigenvalue weighted by Crippen LogP contribution is 2.22. The minimum Gasteiger partial charge on any atom is -0.325 e. The van der Waals surface area contributed by atoms with Crippen molar-refractivity contribution in [2.45, 2.75) is 45.3 Å². The van der Waals surface area contributed by atoms with Crippen molar-refractivity contribution in [3.05, 3.63) is 47.8 Å². The second-order valence-corrected chi connectivity index (χ2v) is 7.05. The molecule has 0 atom stereocenters. The summed E-state index contributed by atoms with van der Waals surface area (Å²) in [5.41, 5.74) is 3.09. The molecular formula is C18H24N4OS. The first-order valence-corrected chi connectivity index (χ1v) is 8.94. The van der Waals surface area contributed by atoms with Gasteiger partial charge in [-0.1, -0.05) is 37.8 Å². The van der Waals surface area contributed by atoms with Gasteiger partial charge in [-0.25, -0.2) is 0 Å². The Labute approximate surface area is 147 Å². The molecule has 1 N–H and O–H groups in total. The number of thioether (sulfide) groups is 1. The number of aromatic nitrogens is 3. The fraction of sp³-hybridized carbons (Fsp3) is 0.389. The third-order valence-electron chi connectivity index (χ3n) is 3.41. The van der Waals surface area contributed by atoms with E-state index in [2.05, 4.69) is 42.0 Å². The van der Waals surface area contributed by atoms with Crippen LogP contribution in [0.25, 0.3) is 0 Å². The van der Waals surface area contributed by atoms with Crippen LogP contribution in [-0.4, -0.2) is 26.4 Å². The molecule has 0 bridgehead atoms. The Morgan fingerprint density at radius 3 is 2.54 bits per heavy atom. The minimum absolute atomic E-state index is 0.0516. The first-order chi connectivity index (χ1) is 11.4. The molecule has 128 valence electrons. The molecule has 1 aromatic heterocycles. The average molecular weight is 344 g/mol. The standard InChI is InChI=1S/C18H24N4OS/c1-6-7-22-17(12(2)3)20-21-18(22)24-11-16(23)19-15-9-13(4)8-14(5)10-15/h6,8-10,12H,1,7,11H2,2-5H3,(H,19,23). The molecule has 6 heteroatoms. The second kappa shape index (κ2) is 8.15. The van der Waals surface area contributed by atoms with Crippen LogP contribution in [0.15, 0.2) is 36.0 Å². The van der Waals surface area contributed by atoms with Crippen LogP contribution in [0.2, 0.25) is 0 Å². The van der Waals surface area contributed by atoms with Gasteiger partial charge in [-0.15, -0.1) is 16.8 Å². The van der Waals surface area contributed by atoms with Gasteiger partial charge in [-0.3, -0.25) is 4.79 Å². The number of allylic oxidation sites excluding steroid dienone is 1. The fourth-order valence-electron chi connectivity index (χ4n) is 2.51. The van der Waals surface area contributed by atoms with E-state index in [9.17, 15) is 4.79 Å². The molecule has 5 nitrogen and oxygen atoms in total. The molecule has 1 aromatic carbocycles. The normalized spacial score (nSPS) is 10.9. The van der Waals surface area contributed by atoms with E-state index in [1.54, 1.807) is 0 Å². The lowest BCUT2D eigenvalue weighted by Crippen LogP contribution is -2.15. The third-order valence-corrected chi connectivity index (χ3v) is 4.38. The molecule has 0 aliphatic rings. The summed E-state index contributed by atoms with van der Waals surface area (Å²) in [7, 11) is 0. The Hall–Kier alpha value is -2.08. The minimum atomic E-state index is -0.0516. The highest BCUT2D eigenvalue weighted by molar-refractivity contribution is 7.99. The van der Waals surface area contributed by atoms with Gasteiger partial charge in [-0.05, 0) is 37.1 Å². The average Bonchev–Trinajstić information content (AvgIpc) is 2.87. The number of carbonyl (C=O) groups is 1. The number of hydrogen-bond acceptors (Lipinski definition) is 4. The van der Waals surface area contributed by atoms with E-state index in [0.29, 0.717) is 12.3 Å². The van der Waals surface area contributed by atoms with E-state index in [0.717, 1.165) is 27.8 Å². The number of aryl methyl sites for hydroxylation is 2. The molecule has 0 fully saturated rings. The van der Waals surface area contributed by atoms with Crippen molar-refractivity contribution in [3.63, 3.8) is 0 Å². The Morgan fingerprint density at radius 1 is 1.29 bits per heavy atom. The predicted molar refractivity (Wildman–Crippen MR) is 99.6 cm³/mol. The van der Waals surface area contributed by atoms with Gasteiger partial charge in [0.05, 0.1) is 5.75 Å². The van der Waals surface area contributed by atoms with Crippen molar-refractivity contribution in [1.29, 1.82) is 0 Å². The maximum Gasteiger partial charge on any atom is 0.234 e. The number of carbonyl (C=O) groups excluding carboxylic acids is 1. The molecule has 2 rings (SSSR count). The summed E-state index contributed by atoms with van der Waals surface area (Å²) in [6, 6.07) is 6.01. The number of hydrogen-bond donors (Lipinski definition) is 1. The van der Waals surface area contributed by atoms with Crippen LogP contribution in [0.1, 0.15) is 36.7 Å². The van der Waals surface area contributed by atoms with Crippen LogP contribution >= 0.6 is 11.8 Å². The third kappa shape index (κ3) is 4.71. The molecule has 0 spiro atoms. The lowest BCUT2D eigenvalue weighted by atomic mass is 10.1. The van der Waals surface area contributed by atoms with Gasteiger partial charge in [0.2, 0.25) is 5.91 Å². The van der Waals surface area contributed by atoms with E-state index < -0.39 is 0 Å². The van der Waals surface area contributed by atoms with Crippen molar-refractivity contribution in [2.24, 2.45) is 0 Å². The molecule has 0 saturated carbocycles. The zero-order valence-corrected chi connectivity index (χ0v) is 15.5. The van der Waals surface area contributed by atoms with Crippen molar-refractivity contribution in [3.8, 4) is 0 Å². The summed E-state index contributed by atoms with van der Waals surface area (Å²) in [6.45, 7) is 12.6. The van der Waals surface area contributed by atoms with Crippen molar-refractivity contribution in [1.82, 2.24) is 14.8 Å². The first kappa shape index (κ1) is 18.3. The van der Waals surface area contributed by atoms with Gasteiger partial charge < -0.3 is 9.88 Å². The summed E-state index contributed by atoms with van der Waals surface area (Å²) in [4.78, 5) is 12.2. The monoisotopic (exact) mass is 344 g/mol. The number of benzene rings is 1. The fourth-order valence-corrected chi connectivity index (χ4v) is 3.26. The quantitative estimate of drug-likeness (QED) is 0.610. The SMILES string of the molecule is C=CCn1c(SCC(=O)Nc2cc(C)cc(C)c2)nnc1C(C)C. The van der Waals surface area contributed by atoms with Gasteiger partial charge >= 0.3 is 0 Å². The Morgan fingerprint density at radius 2 is 1.96 bits per heavy atom. The molecular weight excluding hydrogens is 320 g/mol. The Bertz CT molecular complexity index is 716. The van der Waals surface area contributed by atoms with Crippen molar-refractivity contribution < 1.29 is 4.79 Å². The van der Waals surface area contributed by atoms with Crippen LogP contribution in [-0.2, 0) is 11.3 Å². The van der Waals surface area contributed by atoms with Crippen LogP contribution < -0.4 is 5.32 Å². The van der Waals surface area contributed by atoms with Crippen LogP contribution in [0.4, 0.5) is 5.69 Å². The number of nitrogens with one attached hydrogen (secondary N) is 1. The van der Waals surface area contributed by atoms with E-state index in [4.69, 9.17) is 0 Å². The summed E-state index contributed by atoms with van der Waals surface area (Å²) in [5, 5.41) is 12.1. The smallest absolute Gasteiger partial charge is 0.234 e. The highest BCUT2D eigenvalue weighted by Gasteiger charge is 2.15. The van der Waals surface area contributed by atoms with Crippen LogP contribution in [0.3, 0.4) is 0 Å². The number of nitrogens with zero attached hydrogens (tertiary/aromatic N) is 3. The molecule has 0 saturated heterocycles. The van der Waals surface area contributed by atoms with E-state index in [1.165, 1.54) is 11.8 Å². The Balaban J connectivity index is 2.02. The second-order valence-electron chi connectivity index (χ2n) is 6.11. The topological polar surface area (TPSA) is 59.8 Å². The molecule has 0 radical (unpaired) electrons. The van der Waals surface area contributed by atoms with Crippen LogP contribution in [0.5, 0.6) is 0 Å². The number of anilines is 1. The zero-order valence-electron chi connectivity index (χ0n) is 14.7. The maximum atomic E-state index is 12.2. The Kier molecular flexibility index (Phi) is 6.20. The molecule has 0 aliphatic carbocycles. The zero-order chi connectivity index (χ0) is 17.7. The van der Waals surface area contributed by atoms with Gasteiger partial charge in [0.15, 0.2) is 5.16 Å². The largest absolute Gasteiger partial charge is 0.325 e. The van der Waals surface area contributed by atoms with E-state index >= 15 is 0 Å².